The molecule has 0 bridgehead atoms. The lowest BCUT2D eigenvalue weighted by Crippen LogP contribution is -2.28. The maximum atomic E-state index is 14.1. The minimum absolute atomic E-state index is 0.00454. The fourth-order valence-electron chi connectivity index (χ4n) is 2.69. The van der Waals surface area contributed by atoms with E-state index in [1.54, 1.807) is 6.07 Å². The molecule has 2 unspecified atom stereocenters. The summed E-state index contributed by atoms with van der Waals surface area (Å²) < 4.78 is 15.0. The second kappa shape index (κ2) is 5.88. The summed E-state index contributed by atoms with van der Waals surface area (Å²) >= 11 is 5.26. The lowest BCUT2D eigenvalue weighted by Gasteiger charge is -2.23. The summed E-state index contributed by atoms with van der Waals surface area (Å²) in [5.74, 6) is -0.149. The van der Waals surface area contributed by atoms with Crippen molar-refractivity contribution in [1.29, 1.82) is 0 Å². The molecule has 1 nitrogen and oxygen atoms in total. The van der Waals surface area contributed by atoms with Crippen LogP contribution in [0.3, 0.4) is 0 Å². The summed E-state index contributed by atoms with van der Waals surface area (Å²) in [6.07, 6.45) is 0.971. The van der Waals surface area contributed by atoms with E-state index in [1.807, 2.05) is 24.9 Å². The van der Waals surface area contributed by atoms with Crippen molar-refractivity contribution < 1.29 is 4.39 Å². The largest absolute Gasteiger partial charge is 0.312 e. The molecule has 1 aliphatic rings. The van der Waals surface area contributed by atoms with Gasteiger partial charge in [-0.1, -0.05) is 34.1 Å². The number of benzene rings is 2. The van der Waals surface area contributed by atoms with Crippen LogP contribution in [-0.2, 0) is 6.42 Å². The highest BCUT2D eigenvalue weighted by molar-refractivity contribution is 9.10. The average Bonchev–Trinajstić information content (AvgIpc) is 2.87. The van der Waals surface area contributed by atoms with Gasteiger partial charge in [-0.15, -0.1) is 11.8 Å². The molecule has 2 aromatic carbocycles. The molecule has 0 amide bonds. The Morgan fingerprint density at radius 1 is 1.30 bits per heavy atom. The van der Waals surface area contributed by atoms with Crippen molar-refractivity contribution in [3.05, 3.63) is 63.9 Å². The molecule has 1 aliphatic heterocycles. The Hall–Kier alpha value is -0.840. The highest BCUT2D eigenvalue weighted by Crippen LogP contribution is 2.43. The maximum absolute atomic E-state index is 14.1. The molecule has 3 rings (SSSR count). The maximum Gasteiger partial charge on any atom is 0.128 e. The lowest BCUT2D eigenvalue weighted by molar-refractivity contribution is 0.521. The smallest absolute Gasteiger partial charge is 0.128 e. The van der Waals surface area contributed by atoms with Crippen molar-refractivity contribution in [3.8, 4) is 0 Å². The first-order valence-electron chi connectivity index (χ1n) is 6.56. The van der Waals surface area contributed by atoms with Crippen molar-refractivity contribution in [2.45, 2.75) is 22.6 Å². The van der Waals surface area contributed by atoms with E-state index < -0.39 is 0 Å². The summed E-state index contributed by atoms with van der Waals surface area (Å²) in [7, 11) is 1.90. The van der Waals surface area contributed by atoms with Crippen LogP contribution >= 0.6 is 27.7 Å². The van der Waals surface area contributed by atoms with Gasteiger partial charge in [-0.2, -0.15) is 0 Å². The van der Waals surface area contributed by atoms with E-state index in [2.05, 4.69) is 45.5 Å². The minimum atomic E-state index is -0.149. The topological polar surface area (TPSA) is 12.0 Å². The van der Waals surface area contributed by atoms with Crippen LogP contribution in [0.15, 0.2) is 51.8 Å². The number of fused-ring (bicyclic) bond motifs is 1. The summed E-state index contributed by atoms with van der Waals surface area (Å²) in [5.41, 5.74) is 2.09. The third-order valence-electron chi connectivity index (χ3n) is 3.65. The van der Waals surface area contributed by atoms with Crippen LogP contribution in [0.1, 0.15) is 17.2 Å². The van der Waals surface area contributed by atoms with E-state index in [9.17, 15) is 4.39 Å². The second-order valence-electron chi connectivity index (χ2n) is 4.90. The minimum Gasteiger partial charge on any atom is -0.312 e. The number of hydrogen-bond acceptors (Lipinski definition) is 2. The van der Waals surface area contributed by atoms with Gasteiger partial charge in [0.05, 0.1) is 0 Å². The van der Waals surface area contributed by atoms with Gasteiger partial charge in [-0.3, -0.25) is 0 Å². The number of rotatable bonds is 3. The molecule has 2 atom stereocenters. The molecule has 0 fully saturated rings. The number of thioether (sulfide) groups is 1. The van der Waals surface area contributed by atoms with Crippen molar-refractivity contribution >= 4 is 27.7 Å². The normalized spacial score (nSPS) is 18.9. The van der Waals surface area contributed by atoms with Gasteiger partial charge in [0.15, 0.2) is 0 Å². The predicted molar refractivity (Wildman–Crippen MR) is 85.7 cm³/mol. The van der Waals surface area contributed by atoms with Crippen LogP contribution in [0.25, 0.3) is 0 Å². The van der Waals surface area contributed by atoms with Gasteiger partial charge < -0.3 is 5.32 Å². The molecule has 0 saturated carbocycles. The summed E-state index contributed by atoms with van der Waals surface area (Å²) in [6, 6.07) is 13.6. The Morgan fingerprint density at radius 2 is 2.10 bits per heavy atom. The second-order valence-corrected chi connectivity index (χ2v) is 7.10. The van der Waals surface area contributed by atoms with Gasteiger partial charge in [0.1, 0.15) is 5.82 Å². The average molecular weight is 352 g/mol. The number of nitrogens with one attached hydrogen (secondary N) is 1. The van der Waals surface area contributed by atoms with Crippen LogP contribution in [-0.4, -0.2) is 12.3 Å². The summed E-state index contributed by atoms with van der Waals surface area (Å²) in [6.45, 7) is 0. The van der Waals surface area contributed by atoms with Gasteiger partial charge in [-0.05, 0) is 43.3 Å². The SMILES string of the molecule is CNC(c1cc(Br)ccc1F)C1Cc2ccccc2S1. The molecule has 4 heteroatoms. The van der Waals surface area contributed by atoms with E-state index in [0.717, 1.165) is 16.5 Å². The van der Waals surface area contributed by atoms with Crippen LogP contribution in [0, 0.1) is 5.82 Å². The monoisotopic (exact) mass is 351 g/mol. The molecule has 20 heavy (non-hydrogen) atoms. The molecule has 0 spiro atoms. The fourth-order valence-corrected chi connectivity index (χ4v) is 4.54. The Balaban J connectivity index is 1.91. The molecule has 0 aromatic heterocycles. The van der Waals surface area contributed by atoms with E-state index in [-0.39, 0.29) is 11.9 Å². The van der Waals surface area contributed by atoms with E-state index in [0.29, 0.717) is 5.25 Å². The first-order chi connectivity index (χ1) is 9.69. The van der Waals surface area contributed by atoms with E-state index >= 15 is 0 Å². The first kappa shape index (κ1) is 14.1. The van der Waals surface area contributed by atoms with Crippen LogP contribution < -0.4 is 5.32 Å². The van der Waals surface area contributed by atoms with Gasteiger partial charge in [0, 0.05) is 26.2 Å². The van der Waals surface area contributed by atoms with Crippen molar-refractivity contribution in [1.82, 2.24) is 5.32 Å². The van der Waals surface area contributed by atoms with Gasteiger partial charge in [0.25, 0.3) is 0 Å². The zero-order chi connectivity index (χ0) is 14.1. The predicted octanol–water partition coefficient (Wildman–Crippen LogP) is 4.57. The molecule has 0 aliphatic carbocycles. The third kappa shape index (κ3) is 2.65. The standard InChI is InChI=1S/C16H15BrFNS/c1-19-16(12-9-11(17)6-7-13(12)18)15-8-10-4-2-3-5-14(10)20-15/h2-7,9,15-16,19H,8H2,1H3. The zero-order valence-electron chi connectivity index (χ0n) is 11.1. The molecule has 1 heterocycles. The van der Waals surface area contributed by atoms with Crippen LogP contribution in [0.5, 0.6) is 0 Å². The fraction of sp³-hybridized carbons (Fsp3) is 0.250. The Morgan fingerprint density at radius 3 is 2.85 bits per heavy atom. The first-order valence-corrected chi connectivity index (χ1v) is 8.23. The van der Waals surface area contributed by atoms with E-state index in [1.165, 1.54) is 16.5 Å². The molecule has 104 valence electrons. The highest BCUT2D eigenvalue weighted by Gasteiger charge is 2.31. The van der Waals surface area contributed by atoms with E-state index in [4.69, 9.17) is 0 Å². The van der Waals surface area contributed by atoms with Gasteiger partial charge in [0.2, 0.25) is 0 Å². The Kier molecular flexibility index (Phi) is 4.15. The Labute approximate surface area is 131 Å². The number of halogens is 2. The van der Waals surface area contributed by atoms with Crippen molar-refractivity contribution in [2.24, 2.45) is 0 Å². The lowest BCUT2D eigenvalue weighted by atomic mass is 9.98. The van der Waals surface area contributed by atoms with Crippen LogP contribution in [0.4, 0.5) is 4.39 Å². The van der Waals surface area contributed by atoms with Gasteiger partial charge in [-0.25, -0.2) is 4.39 Å². The van der Waals surface area contributed by atoms with Crippen LogP contribution in [0.2, 0.25) is 0 Å². The van der Waals surface area contributed by atoms with Crippen molar-refractivity contribution in [2.75, 3.05) is 7.05 Å². The molecular weight excluding hydrogens is 337 g/mol. The molecule has 0 radical (unpaired) electrons. The highest BCUT2D eigenvalue weighted by atomic mass is 79.9. The molecule has 0 saturated heterocycles. The summed E-state index contributed by atoms with van der Waals surface area (Å²) in [5, 5.41) is 3.60. The van der Waals surface area contributed by atoms with Crippen molar-refractivity contribution in [3.63, 3.8) is 0 Å². The third-order valence-corrected chi connectivity index (χ3v) is 5.53. The summed E-state index contributed by atoms with van der Waals surface area (Å²) in [4.78, 5) is 1.31. The number of hydrogen-bond donors (Lipinski definition) is 1. The zero-order valence-corrected chi connectivity index (χ0v) is 13.5. The molecular formula is C16H15BrFNS. The quantitative estimate of drug-likeness (QED) is 0.869. The Bertz CT molecular complexity index is 607. The molecule has 2 aromatic rings. The van der Waals surface area contributed by atoms with Gasteiger partial charge >= 0.3 is 0 Å². The molecule has 1 N–H and O–H groups in total.